The van der Waals surface area contributed by atoms with Crippen LogP contribution in [0.5, 0.6) is 11.5 Å². The molecule has 4 heteroatoms. The van der Waals surface area contributed by atoms with Gasteiger partial charge in [0, 0.05) is 15.7 Å². The third-order valence-electron chi connectivity index (χ3n) is 1.90. The molecule has 2 aromatic rings. The van der Waals surface area contributed by atoms with Gasteiger partial charge in [0.1, 0.15) is 11.5 Å². The maximum absolute atomic E-state index is 9.42. The Morgan fingerprint density at radius 2 is 2.29 bits per heavy atom. The summed E-state index contributed by atoms with van der Waals surface area (Å²) >= 11 is 5.87. The van der Waals surface area contributed by atoms with E-state index in [9.17, 15) is 5.11 Å². The quantitative estimate of drug-likeness (QED) is 0.769. The summed E-state index contributed by atoms with van der Waals surface area (Å²) < 4.78 is 6.49. The minimum atomic E-state index is 0.224. The maximum atomic E-state index is 9.42. The van der Waals surface area contributed by atoms with Gasteiger partial charge in [0.15, 0.2) is 0 Å². The first-order valence-corrected chi connectivity index (χ1v) is 5.61. The van der Waals surface area contributed by atoms with Crippen molar-refractivity contribution in [2.24, 2.45) is 0 Å². The fraction of sp³-hybridized carbons (Fsp3) is 0.200. The Bertz CT molecular complexity index is 462. The second kappa shape index (κ2) is 3.71. The van der Waals surface area contributed by atoms with E-state index in [0.29, 0.717) is 6.61 Å². The summed E-state index contributed by atoms with van der Waals surface area (Å²) in [4.78, 5) is 0.788. The zero-order valence-corrected chi connectivity index (χ0v) is 9.36. The molecule has 2 nitrogen and oxygen atoms in total. The highest BCUT2D eigenvalue weighted by Gasteiger charge is 2.08. The van der Waals surface area contributed by atoms with Crippen LogP contribution in [0, 0.1) is 0 Å². The van der Waals surface area contributed by atoms with Gasteiger partial charge in [-0.25, -0.2) is 0 Å². The zero-order valence-electron chi connectivity index (χ0n) is 7.65. The smallest absolute Gasteiger partial charge is 0.137 e. The molecule has 0 radical (unpaired) electrons. The first-order valence-electron chi connectivity index (χ1n) is 4.28. The van der Waals surface area contributed by atoms with Crippen molar-refractivity contribution in [2.45, 2.75) is 11.8 Å². The van der Waals surface area contributed by atoms with Gasteiger partial charge in [-0.05, 0) is 19.1 Å². The van der Waals surface area contributed by atoms with Gasteiger partial charge in [-0.3, -0.25) is 0 Å². The molecule has 0 saturated carbocycles. The van der Waals surface area contributed by atoms with Crippen LogP contribution in [0.2, 0.25) is 0 Å². The number of ether oxygens (including phenoxy) is 1. The molecular weight excluding hydrogens is 216 g/mol. The van der Waals surface area contributed by atoms with Crippen molar-refractivity contribution in [2.75, 3.05) is 6.61 Å². The van der Waals surface area contributed by atoms with Gasteiger partial charge < -0.3 is 9.84 Å². The van der Waals surface area contributed by atoms with Gasteiger partial charge in [0.2, 0.25) is 0 Å². The number of thiophene rings is 1. The van der Waals surface area contributed by atoms with E-state index in [-0.39, 0.29) is 5.75 Å². The topological polar surface area (TPSA) is 29.5 Å². The molecule has 0 aliphatic heterocycles. The number of aromatic hydroxyl groups is 1. The minimum absolute atomic E-state index is 0.224. The van der Waals surface area contributed by atoms with E-state index < -0.39 is 0 Å². The van der Waals surface area contributed by atoms with Crippen molar-refractivity contribution in [3.63, 3.8) is 0 Å². The monoisotopic (exact) mass is 226 g/mol. The molecule has 0 unspecified atom stereocenters. The molecule has 0 aliphatic carbocycles. The van der Waals surface area contributed by atoms with E-state index in [1.54, 1.807) is 23.5 Å². The van der Waals surface area contributed by atoms with Crippen LogP contribution < -0.4 is 4.74 Å². The third kappa shape index (κ3) is 1.55. The average molecular weight is 226 g/mol. The molecular formula is C10H10O2S2. The van der Waals surface area contributed by atoms with E-state index in [0.717, 1.165) is 20.7 Å². The van der Waals surface area contributed by atoms with Crippen LogP contribution in [0.1, 0.15) is 6.92 Å². The SMILES string of the molecule is CCOc1csc2c(S)cc(O)cc12. The number of hydrogen-bond acceptors (Lipinski definition) is 4. The number of phenols is 1. The Morgan fingerprint density at radius 3 is 3.00 bits per heavy atom. The summed E-state index contributed by atoms with van der Waals surface area (Å²) in [7, 11) is 0. The van der Waals surface area contributed by atoms with Crippen LogP contribution in [0.4, 0.5) is 0 Å². The van der Waals surface area contributed by atoms with E-state index in [4.69, 9.17) is 4.74 Å². The molecule has 14 heavy (non-hydrogen) atoms. The highest BCUT2D eigenvalue weighted by molar-refractivity contribution is 7.80. The highest BCUT2D eigenvalue weighted by atomic mass is 32.1. The number of fused-ring (bicyclic) bond motifs is 1. The predicted molar refractivity (Wildman–Crippen MR) is 61.9 cm³/mol. The molecule has 0 aliphatic rings. The van der Waals surface area contributed by atoms with Gasteiger partial charge in [-0.2, -0.15) is 0 Å². The van der Waals surface area contributed by atoms with Crippen molar-refractivity contribution in [1.82, 2.24) is 0 Å². The van der Waals surface area contributed by atoms with Crippen LogP contribution in [-0.2, 0) is 0 Å². The Hall–Kier alpha value is -0.870. The largest absolute Gasteiger partial charge is 0.508 e. The first kappa shape index (κ1) is 9.68. The lowest BCUT2D eigenvalue weighted by Gasteiger charge is -2.01. The van der Waals surface area contributed by atoms with E-state index in [1.807, 2.05) is 12.3 Å². The fourth-order valence-corrected chi connectivity index (χ4v) is 2.65. The Labute approximate surface area is 91.5 Å². The van der Waals surface area contributed by atoms with Crippen molar-refractivity contribution >= 4 is 34.1 Å². The predicted octanol–water partition coefficient (Wildman–Crippen LogP) is 3.29. The Morgan fingerprint density at radius 1 is 1.50 bits per heavy atom. The van der Waals surface area contributed by atoms with E-state index in [2.05, 4.69) is 12.6 Å². The number of phenolic OH excluding ortho intramolecular Hbond substituents is 1. The molecule has 74 valence electrons. The lowest BCUT2D eigenvalue weighted by Crippen LogP contribution is -1.89. The number of hydrogen-bond donors (Lipinski definition) is 2. The zero-order chi connectivity index (χ0) is 10.1. The molecule has 1 heterocycles. The van der Waals surface area contributed by atoms with Crippen molar-refractivity contribution < 1.29 is 9.84 Å². The molecule has 0 atom stereocenters. The lowest BCUT2D eigenvalue weighted by molar-refractivity contribution is 0.345. The molecule has 1 aromatic heterocycles. The third-order valence-corrected chi connectivity index (χ3v) is 3.41. The van der Waals surface area contributed by atoms with Gasteiger partial charge in [-0.1, -0.05) is 0 Å². The number of rotatable bonds is 2. The first-order chi connectivity index (χ1) is 6.72. The second-order valence-corrected chi connectivity index (χ2v) is 4.24. The molecule has 0 spiro atoms. The molecule has 0 bridgehead atoms. The maximum Gasteiger partial charge on any atom is 0.137 e. The minimum Gasteiger partial charge on any atom is -0.508 e. The average Bonchev–Trinajstić information content (AvgIpc) is 2.49. The van der Waals surface area contributed by atoms with Crippen LogP contribution in [-0.4, -0.2) is 11.7 Å². The Balaban J connectivity index is 2.66. The van der Waals surface area contributed by atoms with Gasteiger partial charge in [0.05, 0.1) is 11.3 Å². The summed E-state index contributed by atoms with van der Waals surface area (Å²) in [5, 5.41) is 12.3. The van der Waals surface area contributed by atoms with Gasteiger partial charge >= 0.3 is 0 Å². The summed E-state index contributed by atoms with van der Waals surface area (Å²) in [5.74, 6) is 1.04. The number of thiol groups is 1. The van der Waals surface area contributed by atoms with Crippen molar-refractivity contribution in [3.8, 4) is 11.5 Å². The highest BCUT2D eigenvalue weighted by Crippen LogP contribution is 2.38. The fourth-order valence-electron chi connectivity index (χ4n) is 1.35. The number of benzene rings is 1. The van der Waals surface area contributed by atoms with E-state index >= 15 is 0 Å². The molecule has 0 amide bonds. The molecule has 0 fully saturated rings. The van der Waals surface area contributed by atoms with Crippen molar-refractivity contribution in [3.05, 3.63) is 17.5 Å². The molecule has 1 aromatic carbocycles. The van der Waals surface area contributed by atoms with Crippen molar-refractivity contribution in [1.29, 1.82) is 0 Å². The van der Waals surface area contributed by atoms with Crippen LogP contribution in [0.25, 0.3) is 10.1 Å². The molecule has 2 rings (SSSR count). The lowest BCUT2D eigenvalue weighted by atomic mass is 10.2. The van der Waals surface area contributed by atoms with Crippen LogP contribution in [0.15, 0.2) is 22.4 Å². The summed E-state index contributed by atoms with van der Waals surface area (Å²) in [5.41, 5.74) is 0. The summed E-state index contributed by atoms with van der Waals surface area (Å²) in [6.45, 7) is 2.57. The summed E-state index contributed by atoms with van der Waals surface area (Å²) in [6.07, 6.45) is 0. The normalized spacial score (nSPS) is 10.7. The van der Waals surface area contributed by atoms with E-state index in [1.165, 1.54) is 0 Å². The second-order valence-electron chi connectivity index (χ2n) is 2.87. The van der Waals surface area contributed by atoms with Crippen LogP contribution in [0.3, 0.4) is 0 Å². The standard InChI is InChI=1S/C10H10O2S2/c1-2-12-8-5-14-10-7(8)3-6(11)4-9(10)13/h3-5,11,13H,2H2,1H3. The molecule has 1 N–H and O–H groups in total. The van der Waals surface area contributed by atoms with Gasteiger partial charge in [-0.15, -0.1) is 24.0 Å². The van der Waals surface area contributed by atoms with Gasteiger partial charge in [0.25, 0.3) is 0 Å². The summed E-state index contributed by atoms with van der Waals surface area (Å²) in [6, 6.07) is 3.34. The van der Waals surface area contributed by atoms with Crippen LogP contribution >= 0.6 is 24.0 Å². The molecule has 0 saturated heterocycles. The Kier molecular flexibility index (Phi) is 2.56.